The second-order valence-electron chi connectivity index (χ2n) is 8.07. The van der Waals surface area contributed by atoms with E-state index in [0.717, 1.165) is 5.56 Å². The highest BCUT2D eigenvalue weighted by Crippen LogP contribution is 2.20. The van der Waals surface area contributed by atoms with Crippen LogP contribution in [-0.4, -0.2) is 51.1 Å². The van der Waals surface area contributed by atoms with Crippen molar-refractivity contribution in [2.75, 3.05) is 13.6 Å². The van der Waals surface area contributed by atoms with Crippen LogP contribution in [0.4, 0.5) is 4.39 Å². The number of carbonyl (C=O) groups is 2. The minimum Gasteiger partial charge on any atom is -0.351 e. The zero-order chi connectivity index (χ0) is 23.4. The Hall–Kier alpha value is -3.94. The lowest BCUT2D eigenvalue weighted by Gasteiger charge is -2.28. The number of amides is 2. The van der Waals surface area contributed by atoms with Gasteiger partial charge >= 0.3 is 0 Å². The molecular formula is C25H26FN5O2. The fourth-order valence-electron chi connectivity index (χ4n) is 3.94. The minimum absolute atomic E-state index is 0.163. The van der Waals surface area contributed by atoms with Crippen LogP contribution in [0.3, 0.4) is 0 Å². The molecule has 2 aromatic heterocycles. The molecule has 0 saturated carbocycles. The predicted octanol–water partition coefficient (Wildman–Crippen LogP) is 3.54. The van der Waals surface area contributed by atoms with Crippen molar-refractivity contribution in [1.82, 2.24) is 25.0 Å². The van der Waals surface area contributed by atoms with Gasteiger partial charge in [0.2, 0.25) is 0 Å². The van der Waals surface area contributed by atoms with Crippen LogP contribution < -0.4 is 5.32 Å². The lowest BCUT2D eigenvalue weighted by atomic mass is 10.0. The fraction of sp³-hybridized carbons (Fsp3) is 0.240. The molecule has 0 aliphatic carbocycles. The molecule has 0 aliphatic heterocycles. The smallest absolute Gasteiger partial charge is 0.274 e. The number of aromatic amines is 1. The third-order valence-electron chi connectivity index (χ3n) is 5.85. The quantitative estimate of drug-likeness (QED) is 0.433. The van der Waals surface area contributed by atoms with Crippen molar-refractivity contribution in [2.24, 2.45) is 7.05 Å². The molecule has 8 heteroatoms. The summed E-state index contributed by atoms with van der Waals surface area (Å²) in [5, 5.41) is 10.3. The second kappa shape index (κ2) is 9.68. The first kappa shape index (κ1) is 22.3. The summed E-state index contributed by atoms with van der Waals surface area (Å²) in [5.74, 6) is -0.893. The van der Waals surface area contributed by atoms with Gasteiger partial charge in [0, 0.05) is 38.3 Å². The average Bonchev–Trinajstić information content (AvgIpc) is 3.43. The third-order valence-corrected chi connectivity index (χ3v) is 5.85. The Balaban J connectivity index is 1.51. The van der Waals surface area contributed by atoms with Crippen LogP contribution in [0.2, 0.25) is 0 Å². The van der Waals surface area contributed by atoms with Crippen LogP contribution in [0.15, 0.2) is 66.9 Å². The van der Waals surface area contributed by atoms with Crippen LogP contribution in [0.25, 0.3) is 10.9 Å². The van der Waals surface area contributed by atoms with E-state index in [9.17, 15) is 14.0 Å². The first-order chi connectivity index (χ1) is 15.9. The maximum absolute atomic E-state index is 13.8. The Morgan fingerprint density at radius 1 is 1.15 bits per heavy atom. The van der Waals surface area contributed by atoms with Crippen LogP contribution in [0.5, 0.6) is 0 Å². The van der Waals surface area contributed by atoms with Crippen LogP contribution in [0.1, 0.15) is 33.0 Å². The molecule has 0 bridgehead atoms. The number of hydrogen-bond donors (Lipinski definition) is 2. The van der Waals surface area contributed by atoms with E-state index < -0.39 is 5.82 Å². The van der Waals surface area contributed by atoms with Gasteiger partial charge in [-0.05, 0) is 48.7 Å². The van der Waals surface area contributed by atoms with E-state index in [0.29, 0.717) is 36.0 Å². The molecule has 0 spiro atoms. The zero-order valence-electron chi connectivity index (χ0n) is 18.6. The van der Waals surface area contributed by atoms with Crippen molar-refractivity contribution >= 4 is 22.7 Å². The number of hydrogen-bond acceptors (Lipinski definition) is 3. The minimum atomic E-state index is -0.426. The van der Waals surface area contributed by atoms with Gasteiger partial charge in [0.25, 0.3) is 11.8 Å². The number of nitrogens with one attached hydrogen (secondary N) is 2. The van der Waals surface area contributed by atoms with E-state index in [1.807, 2.05) is 49.6 Å². The summed E-state index contributed by atoms with van der Waals surface area (Å²) < 4.78 is 15.5. The number of aryl methyl sites for hydroxylation is 1. The SMILES string of the molecule is CN(C(=O)c1n[nH]c2ccc(F)cc12)[C@H](CCNC(=O)c1cccn1C)Cc1ccccc1. The van der Waals surface area contributed by atoms with Gasteiger partial charge in [-0.25, -0.2) is 4.39 Å². The van der Waals surface area contributed by atoms with E-state index in [1.165, 1.54) is 12.1 Å². The predicted molar refractivity (Wildman–Crippen MR) is 124 cm³/mol. The number of likely N-dealkylation sites (N-methyl/N-ethyl adjacent to an activating group) is 1. The number of nitrogens with zero attached hydrogens (tertiary/aromatic N) is 3. The number of benzene rings is 2. The Morgan fingerprint density at radius 2 is 1.94 bits per heavy atom. The van der Waals surface area contributed by atoms with Crippen LogP contribution >= 0.6 is 0 Å². The number of H-pyrrole nitrogens is 1. The van der Waals surface area contributed by atoms with Gasteiger partial charge in [0.15, 0.2) is 5.69 Å². The molecule has 2 amide bonds. The van der Waals surface area contributed by atoms with Crippen LogP contribution in [0, 0.1) is 5.82 Å². The molecule has 0 unspecified atom stereocenters. The molecule has 170 valence electrons. The van der Waals surface area contributed by atoms with Crippen molar-refractivity contribution in [3.8, 4) is 0 Å². The Kier molecular flexibility index (Phi) is 6.53. The summed E-state index contributed by atoms with van der Waals surface area (Å²) in [6.45, 7) is 0.398. The largest absolute Gasteiger partial charge is 0.351 e. The summed E-state index contributed by atoms with van der Waals surface area (Å²) in [7, 11) is 3.53. The second-order valence-corrected chi connectivity index (χ2v) is 8.07. The summed E-state index contributed by atoms with van der Waals surface area (Å²) in [5.41, 5.74) is 2.43. The highest BCUT2D eigenvalue weighted by molar-refractivity contribution is 6.04. The van der Waals surface area contributed by atoms with Gasteiger partial charge in [0.1, 0.15) is 11.5 Å². The maximum Gasteiger partial charge on any atom is 0.274 e. The monoisotopic (exact) mass is 447 g/mol. The van der Waals surface area contributed by atoms with Crippen molar-refractivity contribution in [3.05, 3.63) is 89.6 Å². The van der Waals surface area contributed by atoms with Crippen molar-refractivity contribution in [3.63, 3.8) is 0 Å². The van der Waals surface area contributed by atoms with E-state index in [2.05, 4.69) is 15.5 Å². The summed E-state index contributed by atoms with van der Waals surface area (Å²) in [6.07, 6.45) is 2.97. The summed E-state index contributed by atoms with van der Waals surface area (Å²) in [4.78, 5) is 27.4. The molecule has 0 fully saturated rings. The molecule has 7 nitrogen and oxygen atoms in total. The molecule has 0 radical (unpaired) electrons. The topological polar surface area (TPSA) is 83.0 Å². The van der Waals surface area contributed by atoms with Crippen molar-refractivity contribution in [1.29, 1.82) is 0 Å². The molecule has 1 atom stereocenters. The van der Waals surface area contributed by atoms with Gasteiger partial charge in [-0.1, -0.05) is 30.3 Å². The highest BCUT2D eigenvalue weighted by Gasteiger charge is 2.25. The number of rotatable bonds is 8. The van der Waals surface area contributed by atoms with E-state index in [-0.39, 0.29) is 23.6 Å². The summed E-state index contributed by atoms with van der Waals surface area (Å²) >= 11 is 0. The van der Waals surface area contributed by atoms with Gasteiger partial charge in [-0.2, -0.15) is 5.10 Å². The Labute approximate surface area is 191 Å². The van der Waals surface area contributed by atoms with Gasteiger partial charge in [-0.3, -0.25) is 14.7 Å². The van der Waals surface area contributed by atoms with E-state index in [1.54, 1.807) is 28.6 Å². The van der Waals surface area contributed by atoms with Gasteiger partial charge < -0.3 is 14.8 Å². The number of halogens is 1. The Bertz CT molecular complexity index is 1260. The first-order valence-corrected chi connectivity index (χ1v) is 10.8. The highest BCUT2D eigenvalue weighted by atomic mass is 19.1. The number of fused-ring (bicyclic) bond motifs is 1. The molecule has 33 heavy (non-hydrogen) atoms. The van der Waals surface area contributed by atoms with E-state index in [4.69, 9.17) is 0 Å². The Morgan fingerprint density at radius 3 is 2.67 bits per heavy atom. The number of carbonyl (C=O) groups excluding carboxylic acids is 2. The molecule has 0 aliphatic rings. The third kappa shape index (κ3) is 4.95. The molecule has 0 saturated heterocycles. The van der Waals surface area contributed by atoms with Gasteiger partial charge in [0.05, 0.1) is 5.52 Å². The van der Waals surface area contributed by atoms with Crippen molar-refractivity contribution in [2.45, 2.75) is 18.9 Å². The van der Waals surface area contributed by atoms with Gasteiger partial charge in [-0.15, -0.1) is 0 Å². The zero-order valence-corrected chi connectivity index (χ0v) is 18.6. The normalized spacial score (nSPS) is 12.0. The van der Waals surface area contributed by atoms with Crippen LogP contribution in [-0.2, 0) is 13.5 Å². The average molecular weight is 448 g/mol. The first-order valence-electron chi connectivity index (χ1n) is 10.8. The number of aromatic nitrogens is 3. The molecule has 2 aromatic carbocycles. The van der Waals surface area contributed by atoms with Crippen molar-refractivity contribution < 1.29 is 14.0 Å². The molecule has 2 N–H and O–H groups in total. The molecular weight excluding hydrogens is 421 g/mol. The lowest BCUT2D eigenvalue weighted by molar-refractivity contribution is 0.0718. The fourth-order valence-corrected chi connectivity index (χ4v) is 3.94. The summed E-state index contributed by atoms with van der Waals surface area (Å²) in [6, 6.07) is 17.4. The lowest BCUT2D eigenvalue weighted by Crippen LogP contribution is -2.41. The molecule has 4 rings (SSSR count). The molecule has 2 heterocycles. The maximum atomic E-state index is 13.8. The molecule has 4 aromatic rings. The standard InChI is InChI=1S/C25H26FN5O2/c1-30-14-6-9-22(30)24(32)27-13-12-19(15-17-7-4-3-5-8-17)31(2)25(33)23-20-16-18(26)10-11-21(20)28-29-23/h3-11,14,16,19H,12-13,15H2,1-2H3,(H,27,32)(H,28,29)/t19-/m1/s1. The van der Waals surface area contributed by atoms with E-state index >= 15 is 0 Å².